The third-order valence-electron chi connectivity index (χ3n) is 5.21. The molecule has 4 aromatic rings. The molecule has 0 saturated heterocycles. The van der Waals surface area contributed by atoms with Gasteiger partial charge in [-0.2, -0.15) is 0 Å². The fraction of sp³-hybridized carbons (Fsp3) is 0.261. The fourth-order valence-corrected chi connectivity index (χ4v) is 3.72. The van der Waals surface area contributed by atoms with Gasteiger partial charge >= 0.3 is 5.69 Å². The van der Waals surface area contributed by atoms with E-state index in [4.69, 9.17) is 0 Å². The lowest BCUT2D eigenvalue weighted by atomic mass is 10.2. The van der Waals surface area contributed by atoms with Gasteiger partial charge < -0.3 is 4.57 Å². The molecule has 9 heteroatoms. The Kier molecular flexibility index (Phi) is 5.48. The Hall–Kier alpha value is -4.01. The van der Waals surface area contributed by atoms with Crippen LogP contribution in [0.2, 0.25) is 0 Å². The maximum atomic E-state index is 13.4. The van der Waals surface area contributed by atoms with Gasteiger partial charge in [-0.1, -0.05) is 43.7 Å². The Morgan fingerprint density at radius 1 is 1.09 bits per heavy atom. The molecule has 0 radical (unpaired) electrons. The van der Waals surface area contributed by atoms with Crippen molar-refractivity contribution >= 4 is 16.9 Å². The van der Waals surface area contributed by atoms with Gasteiger partial charge in [0.05, 0.1) is 16.9 Å². The molecule has 0 saturated carbocycles. The normalized spacial score (nSPS) is 11.4. The minimum absolute atomic E-state index is 0.0271. The van der Waals surface area contributed by atoms with Crippen molar-refractivity contribution in [3.05, 3.63) is 96.9 Å². The molecule has 4 rings (SSSR count). The molecule has 2 aromatic heterocycles. The highest BCUT2D eigenvalue weighted by molar-refractivity contribution is 5.72. The molecule has 0 aliphatic carbocycles. The van der Waals surface area contributed by atoms with Crippen LogP contribution in [-0.4, -0.2) is 23.6 Å². The van der Waals surface area contributed by atoms with Crippen LogP contribution in [0.3, 0.4) is 0 Å². The molecule has 0 unspecified atom stereocenters. The van der Waals surface area contributed by atoms with Crippen LogP contribution in [0.5, 0.6) is 0 Å². The van der Waals surface area contributed by atoms with Gasteiger partial charge in [0.25, 0.3) is 11.2 Å². The predicted molar refractivity (Wildman–Crippen MR) is 121 cm³/mol. The number of imidazole rings is 1. The number of hydrogen-bond acceptors (Lipinski definition) is 5. The minimum atomic E-state index is -0.458. The second kappa shape index (κ2) is 8.26. The zero-order valence-corrected chi connectivity index (χ0v) is 18.1. The number of aromatic nitrogens is 4. The molecule has 9 nitrogen and oxygen atoms in total. The number of nitro groups is 1. The van der Waals surface area contributed by atoms with E-state index in [1.807, 2.05) is 45.0 Å². The molecule has 0 fully saturated rings. The van der Waals surface area contributed by atoms with Crippen LogP contribution in [0.15, 0.2) is 64.4 Å². The fourth-order valence-electron chi connectivity index (χ4n) is 3.72. The van der Waals surface area contributed by atoms with E-state index in [-0.39, 0.29) is 35.9 Å². The standard InChI is InChI=1S/C23H23N5O4/c1-15(2)12-26-22(29)20-21(27(23(26)30)18-9-7-16(3)8-10-18)24-14-25(20)13-17-5-4-6-19(11-17)28(31)32/h4-11,14-15H,12-13H2,1-3H3. The molecule has 164 valence electrons. The minimum Gasteiger partial charge on any atom is -0.320 e. The van der Waals surface area contributed by atoms with Crippen LogP contribution in [0.25, 0.3) is 16.9 Å². The van der Waals surface area contributed by atoms with E-state index in [1.165, 1.54) is 27.6 Å². The summed E-state index contributed by atoms with van der Waals surface area (Å²) < 4.78 is 4.32. The Labute approximate surface area is 183 Å². The molecule has 2 heterocycles. The summed E-state index contributed by atoms with van der Waals surface area (Å²) in [4.78, 5) is 41.7. The molecule has 0 aliphatic rings. The van der Waals surface area contributed by atoms with Crippen molar-refractivity contribution in [2.24, 2.45) is 5.92 Å². The predicted octanol–water partition coefficient (Wildman–Crippen LogP) is 3.27. The molecular weight excluding hydrogens is 410 g/mol. The number of nitro benzene ring substituents is 1. The average Bonchev–Trinajstić information content (AvgIpc) is 3.16. The van der Waals surface area contributed by atoms with Gasteiger partial charge in [0, 0.05) is 25.2 Å². The number of non-ortho nitro benzene ring substituents is 1. The van der Waals surface area contributed by atoms with E-state index in [1.54, 1.807) is 16.7 Å². The summed E-state index contributed by atoms with van der Waals surface area (Å²) in [6.07, 6.45) is 1.49. The second-order valence-corrected chi connectivity index (χ2v) is 8.23. The average molecular weight is 433 g/mol. The van der Waals surface area contributed by atoms with Crippen LogP contribution >= 0.6 is 0 Å². The first-order valence-corrected chi connectivity index (χ1v) is 10.3. The number of nitrogens with zero attached hydrogens (tertiary/aromatic N) is 5. The van der Waals surface area contributed by atoms with Crippen LogP contribution in [0.4, 0.5) is 5.69 Å². The summed E-state index contributed by atoms with van der Waals surface area (Å²) in [5.74, 6) is 0.0810. The third kappa shape index (κ3) is 3.84. The summed E-state index contributed by atoms with van der Waals surface area (Å²) >= 11 is 0. The number of rotatable bonds is 6. The number of hydrogen-bond donors (Lipinski definition) is 0. The van der Waals surface area contributed by atoms with Gasteiger partial charge in [0.2, 0.25) is 0 Å². The van der Waals surface area contributed by atoms with Gasteiger partial charge in [-0.05, 0) is 30.5 Å². The van der Waals surface area contributed by atoms with Crippen molar-refractivity contribution in [3.63, 3.8) is 0 Å². The Balaban J connectivity index is 1.95. The molecular formula is C23H23N5O4. The van der Waals surface area contributed by atoms with E-state index in [0.717, 1.165) is 5.56 Å². The number of aryl methyl sites for hydroxylation is 1. The molecule has 32 heavy (non-hydrogen) atoms. The number of benzene rings is 2. The monoisotopic (exact) mass is 433 g/mol. The van der Waals surface area contributed by atoms with E-state index >= 15 is 0 Å². The van der Waals surface area contributed by atoms with Crippen LogP contribution in [-0.2, 0) is 13.1 Å². The van der Waals surface area contributed by atoms with E-state index < -0.39 is 16.2 Å². The smallest absolute Gasteiger partial charge is 0.320 e. The Morgan fingerprint density at radius 3 is 2.47 bits per heavy atom. The summed E-state index contributed by atoms with van der Waals surface area (Å²) in [6.45, 7) is 6.30. The zero-order chi connectivity index (χ0) is 23.0. The number of fused-ring (bicyclic) bond motifs is 1. The second-order valence-electron chi connectivity index (χ2n) is 8.23. The molecule has 2 aromatic carbocycles. The zero-order valence-electron chi connectivity index (χ0n) is 18.1. The van der Waals surface area contributed by atoms with Gasteiger partial charge in [0.1, 0.15) is 0 Å². The highest BCUT2D eigenvalue weighted by Gasteiger charge is 2.20. The van der Waals surface area contributed by atoms with Crippen molar-refractivity contribution in [2.75, 3.05) is 0 Å². The van der Waals surface area contributed by atoms with Crippen molar-refractivity contribution < 1.29 is 4.92 Å². The first-order valence-electron chi connectivity index (χ1n) is 10.3. The third-order valence-corrected chi connectivity index (χ3v) is 5.21. The maximum Gasteiger partial charge on any atom is 0.337 e. The van der Waals surface area contributed by atoms with E-state index in [2.05, 4.69) is 4.98 Å². The first-order chi connectivity index (χ1) is 15.3. The van der Waals surface area contributed by atoms with E-state index in [0.29, 0.717) is 11.3 Å². The summed E-state index contributed by atoms with van der Waals surface area (Å²) in [5, 5.41) is 11.1. The highest BCUT2D eigenvalue weighted by Crippen LogP contribution is 2.18. The van der Waals surface area contributed by atoms with Crippen molar-refractivity contribution in [2.45, 2.75) is 33.9 Å². The lowest BCUT2D eigenvalue weighted by molar-refractivity contribution is -0.384. The Morgan fingerprint density at radius 2 is 1.81 bits per heavy atom. The SMILES string of the molecule is Cc1ccc(-n2c(=O)n(CC(C)C)c(=O)c3c2ncn3Cc2cccc([N+](=O)[O-])c2)cc1. The van der Waals surface area contributed by atoms with E-state index in [9.17, 15) is 19.7 Å². The van der Waals surface area contributed by atoms with Crippen molar-refractivity contribution in [3.8, 4) is 5.69 Å². The van der Waals surface area contributed by atoms with Gasteiger partial charge in [0.15, 0.2) is 11.2 Å². The van der Waals surface area contributed by atoms with Crippen LogP contribution < -0.4 is 11.2 Å². The lowest BCUT2D eigenvalue weighted by Crippen LogP contribution is -2.41. The van der Waals surface area contributed by atoms with Crippen LogP contribution in [0, 0.1) is 23.0 Å². The summed E-state index contributed by atoms with van der Waals surface area (Å²) in [7, 11) is 0. The Bertz CT molecular complexity index is 1430. The van der Waals surface area contributed by atoms with Gasteiger partial charge in [-0.3, -0.25) is 19.5 Å². The molecule has 0 aliphatic heterocycles. The maximum absolute atomic E-state index is 13.4. The lowest BCUT2D eigenvalue weighted by Gasteiger charge is -2.14. The molecule has 0 N–H and O–H groups in total. The van der Waals surface area contributed by atoms with Gasteiger partial charge in [-0.25, -0.2) is 14.3 Å². The largest absolute Gasteiger partial charge is 0.337 e. The van der Waals surface area contributed by atoms with Crippen LogP contribution in [0.1, 0.15) is 25.0 Å². The first kappa shape index (κ1) is 21.2. The molecule has 0 atom stereocenters. The van der Waals surface area contributed by atoms with Crippen molar-refractivity contribution in [1.29, 1.82) is 0 Å². The summed E-state index contributed by atoms with van der Waals surface area (Å²) in [5.41, 5.74) is 1.95. The molecule has 0 bridgehead atoms. The van der Waals surface area contributed by atoms with Crippen molar-refractivity contribution in [1.82, 2.24) is 18.7 Å². The highest BCUT2D eigenvalue weighted by atomic mass is 16.6. The topological polar surface area (TPSA) is 105 Å². The molecule has 0 amide bonds. The summed E-state index contributed by atoms with van der Waals surface area (Å²) in [6, 6.07) is 13.7. The quantitative estimate of drug-likeness (QED) is 0.343. The molecule has 0 spiro atoms. The van der Waals surface area contributed by atoms with Gasteiger partial charge in [-0.15, -0.1) is 0 Å².